The predicted molar refractivity (Wildman–Crippen MR) is 139 cm³/mol. The second-order valence-electron chi connectivity index (χ2n) is 9.06. The molecule has 2 aliphatic heterocycles. The van der Waals surface area contributed by atoms with Crippen LogP contribution < -0.4 is 15.0 Å². The van der Waals surface area contributed by atoms with Gasteiger partial charge < -0.3 is 10.1 Å². The molecule has 3 N–H and O–H groups in total. The number of fused-ring (bicyclic) bond motifs is 1. The number of hydrogen-bond donors (Lipinski definition) is 3. The van der Waals surface area contributed by atoms with Gasteiger partial charge in [-0.3, -0.25) is 20.7 Å². The fourth-order valence-corrected chi connectivity index (χ4v) is 5.90. The Morgan fingerprint density at radius 1 is 1.18 bits per heavy atom. The molecule has 3 heterocycles. The largest absolute Gasteiger partial charge is 0.494 e. The van der Waals surface area contributed by atoms with Gasteiger partial charge in [0.15, 0.2) is 0 Å². The first-order chi connectivity index (χ1) is 16.0. The molecule has 2 aromatic rings. The Bertz CT molecular complexity index is 1030. The minimum atomic E-state index is 0.265. The van der Waals surface area contributed by atoms with Gasteiger partial charge in [-0.1, -0.05) is 6.42 Å². The van der Waals surface area contributed by atoms with Gasteiger partial charge in [0, 0.05) is 16.0 Å². The first-order valence-corrected chi connectivity index (χ1v) is 12.8. The van der Waals surface area contributed by atoms with Gasteiger partial charge in [0.1, 0.15) is 22.4 Å². The van der Waals surface area contributed by atoms with Crippen LogP contribution in [-0.2, 0) is 0 Å². The standard InChI is InChI=1S/C26H35N5OS/c1-17-18(2)33-26-24(17)25(30-16-23(28)31(26)19(3)27)21-7-9-22(10-8-21)32-15-5-4-6-20-11-13-29-14-12-20/h7-10,20,27-29H,4-6,11-16H2,1-3H3. The van der Waals surface area contributed by atoms with Gasteiger partial charge in [-0.25, -0.2) is 0 Å². The molecular formula is C26H35N5OS. The van der Waals surface area contributed by atoms with Crippen LogP contribution in [0.3, 0.4) is 0 Å². The zero-order valence-electron chi connectivity index (χ0n) is 20.0. The summed E-state index contributed by atoms with van der Waals surface area (Å²) in [6.07, 6.45) is 6.26. The number of piperidine rings is 1. The molecular weight excluding hydrogens is 430 g/mol. The van der Waals surface area contributed by atoms with E-state index in [1.54, 1.807) is 23.2 Å². The van der Waals surface area contributed by atoms with E-state index in [1.165, 1.54) is 49.2 Å². The molecule has 2 aliphatic rings. The van der Waals surface area contributed by atoms with Crippen molar-refractivity contribution >= 4 is 33.7 Å². The van der Waals surface area contributed by atoms with E-state index in [9.17, 15) is 0 Å². The van der Waals surface area contributed by atoms with Crippen molar-refractivity contribution < 1.29 is 4.74 Å². The van der Waals surface area contributed by atoms with Gasteiger partial charge in [0.2, 0.25) is 0 Å². The molecule has 7 heteroatoms. The normalized spacial score (nSPS) is 16.9. The van der Waals surface area contributed by atoms with Gasteiger partial charge >= 0.3 is 0 Å². The lowest BCUT2D eigenvalue weighted by atomic mass is 9.93. The number of rotatable bonds is 7. The van der Waals surface area contributed by atoms with E-state index in [-0.39, 0.29) is 6.54 Å². The third-order valence-electron chi connectivity index (χ3n) is 6.66. The molecule has 4 rings (SSSR count). The Morgan fingerprint density at radius 3 is 2.61 bits per heavy atom. The van der Waals surface area contributed by atoms with E-state index < -0.39 is 0 Å². The zero-order valence-corrected chi connectivity index (χ0v) is 20.8. The topological polar surface area (TPSA) is 84.6 Å². The highest BCUT2D eigenvalue weighted by molar-refractivity contribution is 7.17. The molecule has 0 saturated carbocycles. The molecule has 6 nitrogen and oxygen atoms in total. The quantitative estimate of drug-likeness (QED) is 0.285. The van der Waals surface area contributed by atoms with Crippen LogP contribution in [0.2, 0.25) is 0 Å². The van der Waals surface area contributed by atoms with Gasteiger partial charge in [-0.2, -0.15) is 0 Å². The number of amidine groups is 2. The summed E-state index contributed by atoms with van der Waals surface area (Å²) >= 11 is 1.63. The van der Waals surface area contributed by atoms with E-state index >= 15 is 0 Å². The highest BCUT2D eigenvalue weighted by atomic mass is 32.1. The van der Waals surface area contributed by atoms with Crippen LogP contribution in [0.4, 0.5) is 5.00 Å². The Morgan fingerprint density at radius 2 is 1.91 bits per heavy atom. The smallest absolute Gasteiger partial charge is 0.129 e. The average Bonchev–Trinajstić information content (AvgIpc) is 3.00. The van der Waals surface area contributed by atoms with E-state index in [0.29, 0.717) is 11.7 Å². The molecule has 0 amide bonds. The molecule has 1 saturated heterocycles. The number of nitrogens with zero attached hydrogens (tertiary/aromatic N) is 2. The van der Waals surface area contributed by atoms with Gasteiger partial charge in [0.25, 0.3) is 0 Å². The lowest BCUT2D eigenvalue weighted by Crippen LogP contribution is -2.35. The van der Waals surface area contributed by atoms with Crippen LogP contribution in [0.15, 0.2) is 29.3 Å². The van der Waals surface area contributed by atoms with Crippen molar-refractivity contribution in [3.63, 3.8) is 0 Å². The van der Waals surface area contributed by atoms with E-state index in [2.05, 4.69) is 31.3 Å². The lowest BCUT2D eigenvalue weighted by molar-refractivity contribution is 0.287. The summed E-state index contributed by atoms with van der Waals surface area (Å²) in [5.74, 6) is 2.46. The first-order valence-electron chi connectivity index (χ1n) is 12.0. The first kappa shape index (κ1) is 23.6. The number of aryl methyl sites for hydroxylation is 1. The second kappa shape index (κ2) is 10.6. The van der Waals surface area contributed by atoms with Crippen molar-refractivity contribution in [2.24, 2.45) is 10.9 Å². The molecule has 1 fully saturated rings. The number of anilines is 1. The Hall–Kier alpha value is -2.51. The third-order valence-corrected chi connectivity index (χ3v) is 7.85. The molecule has 1 aromatic carbocycles. The lowest BCUT2D eigenvalue weighted by Gasteiger charge is -2.22. The van der Waals surface area contributed by atoms with Crippen LogP contribution in [-0.4, -0.2) is 43.6 Å². The van der Waals surface area contributed by atoms with Crippen LogP contribution >= 0.6 is 11.3 Å². The highest BCUT2D eigenvalue weighted by Crippen LogP contribution is 2.39. The monoisotopic (exact) mass is 465 g/mol. The van der Waals surface area contributed by atoms with Crippen molar-refractivity contribution in [3.8, 4) is 5.75 Å². The van der Waals surface area contributed by atoms with Crippen molar-refractivity contribution in [2.45, 2.75) is 52.9 Å². The Balaban J connectivity index is 1.42. The van der Waals surface area contributed by atoms with Crippen LogP contribution in [0.1, 0.15) is 60.6 Å². The Labute approximate surface area is 201 Å². The molecule has 0 bridgehead atoms. The van der Waals surface area contributed by atoms with Crippen molar-refractivity contribution in [1.29, 1.82) is 10.8 Å². The number of nitrogens with one attached hydrogen (secondary N) is 3. The molecule has 1 aromatic heterocycles. The summed E-state index contributed by atoms with van der Waals surface area (Å²) in [5, 5.41) is 21.0. The number of hydrogen-bond acceptors (Lipinski definition) is 6. The fourth-order valence-electron chi connectivity index (χ4n) is 4.67. The van der Waals surface area contributed by atoms with Crippen molar-refractivity contribution in [2.75, 3.05) is 31.1 Å². The Kier molecular flexibility index (Phi) is 7.60. The van der Waals surface area contributed by atoms with Crippen LogP contribution in [0, 0.1) is 30.6 Å². The molecule has 0 unspecified atom stereocenters. The number of unbranched alkanes of at least 4 members (excludes halogenated alkanes) is 1. The van der Waals surface area contributed by atoms with Gasteiger partial charge in [-0.05, 0) is 95.3 Å². The minimum absolute atomic E-state index is 0.265. The van der Waals surface area contributed by atoms with Crippen molar-refractivity contribution in [1.82, 2.24) is 5.32 Å². The zero-order chi connectivity index (χ0) is 23.4. The SMILES string of the molecule is CC(=N)N1C(=N)CN=C(c2ccc(OCCCCC3CCNCC3)cc2)c2c1sc(C)c2C. The maximum Gasteiger partial charge on any atom is 0.129 e. The fraction of sp³-hybridized carbons (Fsp3) is 0.500. The molecule has 0 radical (unpaired) electrons. The van der Waals surface area contributed by atoms with Crippen LogP contribution in [0.5, 0.6) is 5.75 Å². The number of thiophene rings is 1. The summed E-state index contributed by atoms with van der Waals surface area (Å²) in [5.41, 5.74) is 4.13. The predicted octanol–water partition coefficient (Wildman–Crippen LogP) is 5.55. The second-order valence-corrected chi connectivity index (χ2v) is 10.3. The molecule has 0 atom stereocenters. The summed E-state index contributed by atoms with van der Waals surface area (Å²) in [7, 11) is 0. The van der Waals surface area contributed by atoms with Gasteiger partial charge in [0.05, 0.1) is 18.9 Å². The molecule has 0 aliphatic carbocycles. The summed E-state index contributed by atoms with van der Waals surface area (Å²) in [6.45, 7) is 9.29. The van der Waals surface area contributed by atoms with E-state index in [1.807, 2.05) is 12.1 Å². The maximum atomic E-state index is 8.45. The average molecular weight is 466 g/mol. The summed E-state index contributed by atoms with van der Waals surface area (Å²) < 4.78 is 6.00. The van der Waals surface area contributed by atoms with E-state index in [0.717, 1.165) is 46.5 Å². The molecule has 33 heavy (non-hydrogen) atoms. The molecule has 0 spiro atoms. The van der Waals surface area contributed by atoms with Gasteiger partial charge in [-0.15, -0.1) is 11.3 Å². The summed E-state index contributed by atoms with van der Waals surface area (Å²) in [6, 6.07) is 8.18. The van der Waals surface area contributed by atoms with Crippen LogP contribution in [0.25, 0.3) is 0 Å². The summed E-state index contributed by atoms with van der Waals surface area (Å²) in [4.78, 5) is 7.71. The molecule has 176 valence electrons. The number of benzene rings is 1. The highest BCUT2D eigenvalue weighted by Gasteiger charge is 2.29. The van der Waals surface area contributed by atoms with Crippen molar-refractivity contribution in [3.05, 3.63) is 45.8 Å². The minimum Gasteiger partial charge on any atom is -0.494 e. The third kappa shape index (κ3) is 5.36. The number of aliphatic imine (C=N–C) groups is 1. The number of ether oxygens (including phenoxy) is 1. The maximum absolute atomic E-state index is 8.45. The van der Waals surface area contributed by atoms with E-state index in [4.69, 9.17) is 20.5 Å².